The van der Waals surface area contributed by atoms with Gasteiger partial charge in [0.2, 0.25) is 0 Å². The van der Waals surface area contributed by atoms with Crippen molar-refractivity contribution in [2.24, 2.45) is 5.92 Å². The Morgan fingerprint density at radius 2 is 2.31 bits per heavy atom. The minimum absolute atomic E-state index is 0.0962. The maximum atomic E-state index is 13.7. The number of benzene rings is 1. The molecule has 88 valence electrons. The van der Waals surface area contributed by atoms with Gasteiger partial charge in [-0.15, -0.1) is 0 Å². The Morgan fingerprint density at radius 1 is 1.50 bits per heavy atom. The molecule has 0 spiro atoms. The van der Waals surface area contributed by atoms with Crippen LogP contribution in [0.2, 0.25) is 0 Å². The molecule has 0 bridgehead atoms. The van der Waals surface area contributed by atoms with Gasteiger partial charge in [0.05, 0.1) is 0 Å². The fraction of sp³-hybridized carbons (Fsp3) is 0.500. The number of rotatable bonds is 3. The molecule has 0 radical (unpaired) electrons. The van der Waals surface area contributed by atoms with Crippen LogP contribution in [0.4, 0.5) is 4.39 Å². The van der Waals surface area contributed by atoms with E-state index in [1.165, 1.54) is 0 Å². The van der Waals surface area contributed by atoms with Crippen LogP contribution in [0.1, 0.15) is 5.56 Å². The van der Waals surface area contributed by atoms with Gasteiger partial charge in [-0.2, -0.15) is 11.8 Å². The summed E-state index contributed by atoms with van der Waals surface area (Å²) in [4.78, 5) is 0. The highest BCUT2D eigenvalue weighted by atomic mass is 79.9. The monoisotopic (exact) mass is 303 g/mol. The SMILES string of the molecule is CNC1CSCC1Cc1ccc(Br)cc1F. The molecule has 16 heavy (non-hydrogen) atoms. The molecular formula is C12H15BrFNS. The van der Waals surface area contributed by atoms with Gasteiger partial charge in [0.1, 0.15) is 5.82 Å². The summed E-state index contributed by atoms with van der Waals surface area (Å²) in [6.07, 6.45) is 0.831. The normalized spacial score (nSPS) is 24.9. The second-order valence-corrected chi connectivity index (χ2v) is 6.12. The van der Waals surface area contributed by atoms with Crippen LogP contribution in [0, 0.1) is 11.7 Å². The number of halogens is 2. The second kappa shape index (κ2) is 5.52. The van der Waals surface area contributed by atoms with Crippen molar-refractivity contribution in [3.8, 4) is 0 Å². The van der Waals surface area contributed by atoms with Crippen molar-refractivity contribution < 1.29 is 4.39 Å². The molecule has 2 rings (SSSR count). The largest absolute Gasteiger partial charge is 0.316 e. The summed E-state index contributed by atoms with van der Waals surface area (Å²) in [5.74, 6) is 2.71. The molecule has 0 aliphatic carbocycles. The maximum absolute atomic E-state index is 13.7. The number of thioether (sulfide) groups is 1. The molecule has 0 saturated carbocycles. The maximum Gasteiger partial charge on any atom is 0.127 e. The predicted molar refractivity (Wildman–Crippen MR) is 71.5 cm³/mol. The standard InChI is InChI=1S/C12H15BrFNS/c1-15-12-7-16-6-9(12)4-8-2-3-10(13)5-11(8)14/h2-3,5,9,12,15H,4,6-7H2,1H3. The smallest absolute Gasteiger partial charge is 0.127 e. The van der Waals surface area contributed by atoms with Crippen molar-refractivity contribution in [1.29, 1.82) is 0 Å². The highest BCUT2D eigenvalue weighted by Crippen LogP contribution is 2.28. The summed E-state index contributed by atoms with van der Waals surface area (Å²) in [7, 11) is 1.99. The van der Waals surface area contributed by atoms with Crippen LogP contribution in [0.15, 0.2) is 22.7 Å². The first-order chi connectivity index (χ1) is 7.70. The van der Waals surface area contributed by atoms with Crippen LogP contribution < -0.4 is 5.32 Å². The van der Waals surface area contributed by atoms with Gasteiger partial charge in [-0.3, -0.25) is 0 Å². The molecule has 1 aliphatic heterocycles. The Bertz CT molecular complexity index is 372. The Hall–Kier alpha value is -0.0600. The van der Waals surface area contributed by atoms with E-state index in [2.05, 4.69) is 21.2 Å². The quantitative estimate of drug-likeness (QED) is 0.921. The third-order valence-electron chi connectivity index (χ3n) is 3.07. The van der Waals surface area contributed by atoms with Gasteiger partial charge in [-0.1, -0.05) is 22.0 Å². The fourth-order valence-electron chi connectivity index (χ4n) is 2.09. The first kappa shape index (κ1) is 12.4. The van der Waals surface area contributed by atoms with Crippen molar-refractivity contribution in [3.63, 3.8) is 0 Å². The van der Waals surface area contributed by atoms with Crippen LogP contribution in [-0.2, 0) is 6.42 Å². The summed E-state index contributed by atoms with van der Waals surface area (Å²) in [6, 6.07) is 5.86. The predicted octanol–water partition coefficient (Wildman–Crippen LogP) is 3.08. The van der Waals surface area contributed by atoms with E-state index >= 15 is 0 Å². The van der Waals surface area contributed by atoms with E-state index in [1.807, 2.05) is 30.9 Å². The zero-order valence-electron chi connectivity index (χ0n) is 9.17. The molecule has 2 unspecified atom stereocenters. The Morgan fingerprint density at radius 3 is 3.00 bits per heavy atom. The van der Waals surface area contributed by atoms with Crippen molar-refractivity contribution in [3.05, 3.63) is 34.1 Å². The summed E-state index contributed by atoms with van der Waals surface area (Å²) >= 11 is 5.23. The van der Waals surface area contributed by atoms with E-state index in [0.29, 0.717) is 12.0 Å². The molecule has 1 saturated heterocycles. The van der Waals surface area contributed by atoms with Crippen LogP contribution in [0.3, 0.4) is 0 Å². The first-order valence-electron chi connectivity index (χ1n) is 5.39. The number of hydrogen-bond donors (Lipinski definition) is 1. The van der Waals surface area contributed by atoms with E-state index in [9.17, 15) is 4.39 Å². The van der Waals surface area contributed by atoms with Gasteiger partial charge in [-0.25, -0.2) is 4.39 Å². The van der Waals surface area contributed by atoms with Gasteiger partial charge in [-0.05, 0) is 42.8 Å². The Kier molecular flexibility index (Phi) is 4.27. The van der Waals surface area contributed by atoms with E-state index < -0.39 is 0 Å². The zero-order chi connectivity index (χ0) is 11.5. The Labute approximate surface area is 108 Å². The molecular weight excluding hydrogens is 289 g/mol. The van der Waals surface area contributed by atoms with Crippen LogP contribution >= 0.6 is 27.7 Å². The van der Waals surface area contributed by atoms with Gasteiger partial charge in [0.15, 0.2) is 0 Å². The topological polar surface area (TPSA) is 12.0 Å². The molecule has 1 heterocycles. The van der Waals surface area contributed by atoms with Crippen molar-refractivity contribution >= 4 is 27.7 Å². The molecule has 0 amide bonds. The minimum Gasteiger partial charge on any atom is -0.316 e. The molecule has 1 fully saturated rings. The lowest BCUT2D eigenvalue weighted by Gasteiger charge is -2.18. The minimum atomic E-state index is -0.0962. The lowest BCUT2D eigenvalue weighted by atomic mass is 9.95. The molecule has 2 atom stereocenters. The van der Waals surface area contributed by atoms with Crippen molar-refractivity contribution in [2.75, 3.05) is 18.6 Å². The Balaban J connectivity index is 2.08. The van der Waals surface area contributed by atoms with Crippen LogP contribution in [0.25, 0.3) is 0 Å². The summed E-state index contributed by atoms with van der Waals surface area (Å²) in [5, 5.41) is 3.31. The molecule has 1 aromatic carbocycles. The third-order valence-corrected chi connectivity index (χ3v) is 4.82. The van der Waals surface area contributed by atoms with Crippen molar-refractivity contribution in [1.82, 2.24) is 5.32 Å². The number of hydrogen-bond acceptors (Lipinski definition) is 2. The summed E-state index contributed by atoms with van der Waals surface area (Å²) < 4.78 is 14.5. The van der Waals surface area contributed by atoms with Gasteiger partial charge in [0.25, 0.3) is 0 Å². The van der Waals surface area contributed by atoms with Crippen LogP contribution in [-0.4, -0.2) is 24.6 Å². The molecule has 1 nitrogen and oxygen atoms in total. The van der Waals surface area contributed by atoms with Crippen molar-refractivity contribution in [2.45, 2.75) is 12.5 Å². The average molecular weight is 304 g/mol. The van der Waals surface area contributed by atoms with E-state index in [1.54, 1.807) is 6.07 Å². The summed E-state index contributed by atoms with van der Waals surface area (Å²) in [6.45, 7) is 0. The second-order valence-electron chi connectivity index (χ2n) is 4.13. The average Bonchev–Trinajstić information content (AvgIpc) is 2.69. The van der Waals surface area contributed by atoms with E-state index in [0.717, 1.165) is 28.0 Å². The van der Waals surface area contributed by atoms with Gasteiger partial charge in [0, 0.05) is 16.3 Å². The molecule has 0 aromatic heterocycles. The lowest BCUT2D eigenvalue weighted by molar-refractivity contribution is 0.445. The highest BCUT2D eigenvalue weighted by molar-refractivity contribution is 9.10. The molecule has 1 aliphatic rings. The van der Waals surface area contributed by atoms with E-state index in [-0.39, 0.29) is 5.82 Å². The first-order valence-corrected chi connectivity index (χ1v) is 7.34. The summed E-state index contributed by atoms with van der Waals surface area (Å²) in [5.41, 5.74) is 0.830. The number of nitrogens with one attached hydrogen (secondary N) is 1. The zero-order valence-corrected chi connectivity index (χ0v) is 11.6. The van der Waals surface area contributed by atoms with Gasteiger partial charge < -0.3 is 5.32 Å². The lowest BCUT2D eigenvalue weighted by Crippen LogP contribution is -2.33. The molecule has 1 aromatic rings. The highest BCUT2D eigenvalue weighted by Gasteiger charge is 2.27. The van der Waals surface area contributed by atoms with Gasteiger partial charge >= 0.3 is 0 Å². The van der Waals surface area contributed by atoms with Crippen LogP contribution in [0.5, 0.6) is 0 Å². The fourth-order valence-corrected chi connectivity index (χ4v) is 3.90. The molecule has 4 heteroatoms. The van der Waals surface area contributed by atoms with E-state index in [4.69, 9.17) is 0 Å². The third kappa shape index (κ3) is 2.79. The molecule has 1 N–H and O–H groups in total.